The molecule has 0 saturated carbocycles. The van der Waals surface area contributed by atoms with Gasteiger partial charge in [-0.25, -0.2) is 9.78 Å². The number of hydrogen-bond donors (Lipinski definition) is 1. The normalized spacial score (nSPS) is 16.4. The highest BCUT2D eigenvalue weighted by Crippen LogP contribution is 2.23. The smallest absolute Gasteiger partial charge is 0.339 e. The van der Waals surface area contributed by atoms with E-state index in [1.165, 1.54) is 0 Å². The molecule has 2 aromatic carbocycles. The highest BCUT2D eigenvalue weighted by molar-refractivity contribution is 6.00. The summed E-state index contributed by atoms with van der Waals surface area (Å²) < 4.78 is 7.23. The molecule has 1 unspecified atom stereocenters. The first kappa shape index (κ1) is 15.4. The summed E-state index contributed by atoms with van der Waals surface area (Å²) in [6.45, 7) is 2.66. The standard InChI is InChI=1S/C19H17N3O3/c1-2-22-15-10-6-5-9-14(15)20-19(22)21-17(23)16-11-12-7-3-4-8-13(12)18(24)25-16/h3-10,16H,2,11H2,1H3,(H,20,21,23). The molecule has 1 atom stereocenters. The van der Waals surface area contributed by atoms with Crippen LogP contribution in [-0.4, -0.2) is 27.5 Å². The van der Waals surface area contributed by atoms with E-state index in [1.54, 1.807) is 12.1 Å². The number of benzene rings is 2. The Hall–Kier alpha value is -3.15. The van der Waals surface area contributed by atoms with Gasteiger partial charge in [0.05, 0.1) is 16.6 Å². The molecule has 0 spiro atoms. The second-order valence-corrected chi connectivity index (χ2v) is 5.91. The number of para-hydroxylation sites is 2. The Morgan fingerprint density at radius 2 is 2.00 bits per heavy atom. The summed E-state index contributed by atoms with van der Waals surface area (Å²) >= 11 is 0. The number of ether oxygens (including phenoxy) is 1. The molecule has 126 valence electrons. The number of hydrogen-bond acceptors (Lipinski definition) is 4. The molecule has 25 heavy (non-hydrogen) atoms. The van der Waals surface area contributed by atoms with Crippen LogP contribution in [-0.2, 0) is 22.5 Å². The topological polar surface area (TPSA) is 73.2 Å². The number of nitrogens with zero attached hydrogens (tertiary/aromatic N) is 2. The number of nitrogens with one attached hydrogen (secondary N) is 1. The number of anilines is 1. The largest absolute Gasteiger partial charge is 0.448 e. The van der Waals surface area contributed by atoms with Crippen molar-refractivity contribution in [3.05, 3.63) is 59.7 Å². The van der Waals surface area contributed by atoms with Crippen LogP contribution in [0.5, 0.6) is 0 Å². The van der Waals surface area contributed by atoms with Crippen molar-refractivity contribution < 1.29 is 14.3 Å². The van der Waals surface area contributed by atoms with Crippen LogP contribution < -0.4 is 5.32 Å². The summed E-state index contributed by atoms with van der Waals surface area (Å²) in [7, 11) is 0. The fourth-order valence-electron chi connectivity index (χ4n) is 3.16. The Morgan fingerprint density at radius 1 is 1.24 bits per heavy atom. The van der Waals surface area contributed by atoms with Crippen molar-refractivity contribution >= 4 is 28.9 Å². The van der Waals surface area contributed by atoms with Crippen LogP contribution in [0.1, 0.15) is 22.8 Å². The van der Waals surface area contributed by atoms with Gasteiger partial charge < -0.3 is 9.30 Å². The fraction of sp³-hybridized carbons (Fsp3) is 0.211. The van der Waals surface area contributed by atoms with Crippen LogP contribution in [0, 0.1) is 0 Å². The van der Waals surface area contributed by atoms with Gasteiger partial charge in [0.15, 0.2) is 6.10 Å². The van der Waals surface area contributed by atoms with Crippen LogP contribution in [0.4, 0.5) is 5.95 Å². The zero-order chi connectivity index (χ0) is 17.4. The van der Waals surface area contributed by atoms with Crippen molar-refractivity contribution in [3.63, 3.8) is 0 Å². The van der Waals surface area contributed by atoms with E-state index >= 15 is 0 Å². The zero-order valence-electron chi connectivity index (χ0n) is 13.7. The first-order valence-electron chi connectivity index (χ1n) is 8.22. The van der Waals surface area contributed by atoms with Gasteiger partial charge in [-0.2, -0.15) is 0 Å². The summed E-state index contributed by atoms with van der Waals surface area (Å²) in [5.41, 5.74) is 3.10. The lowest BCUT2D eigenvalue weighted by Crippen LogP contribution is -2.38. The van der Waals surface area contributed by atoms with Crippen molar-refractivity contribution in [2.24, 2.45) is 0 Å². The Balaban J connectivity index is 1.60. The Kier molecular flexibility index (Phi) is 3.72. The first-order valence-corrected chi connectivity index (χ1v) is 8.22. The van der Waals surface area contributed by atoms with Crippen molar-refractivity contribution in [2.75, 3.05) is 5.32 Å². The first-order chi connectivity index (χ1) is 12.2. The maximum Gasteiger partial charge on any atom is 0.339 e. The van der Waals surface area contributed by atoms with E-state index in [0.717, 1.165) is 16.6 Å². The Bertz CT molecular complexity index is 977. The quantitative estimate of drug-likeness (QED) is 0.747. The van der Waals surface area contributed by atoms with Crippen LogP contribution in [0.25, 0.3) is 11.0 Å². The number of esters is 1. The average molecular weight is 335 g/mol. The highest BCUT2D eigenvalue weighted by atomic mass is 16.5. The molecule has 1 N–H and O–H groups in total. The van der Waals surface area contributed by atoms with E-state index in [1.807, 2.05) is 47.9 Å². The molecular formula is C19H17N3O3. The van der Waals surface area contributed by atoms with Gasteiger partial charge in [-0.15, -0.1) is 0 Å². The molecule has 1 aliphatic heterocycles. The van der Waals surface area contributed by atoms with Gasteiger partial charge in [0, 0.05) is 13.0 Å². The van der Waals surface area contributed by atoms with Gasteiger partial charge >= 0.3 is 5.97 Å². The third kappa shape index (κ3) is 2.65. The molecule has 1 aromatic heterocycles. The SMILES string of the molecule is CCn1c(NC(=O)C2Cc3ccccc3C(=O)O2)nc2ccccc21. The fourth-order valence-corrected chi connectivity index (χ4v) is 3.16. The number of imidazole rings is 1. The highest BCUT2D eigenvalue weighted by Gasteiger charge is 2.31. The van der Waals surface area contributed by atoms with Gasteiger partial charge in [-0.3, -0.25) is 10.1 Å². The molecule has 3 aromatic rings. The third-order valence-corrected chi connectivity index (χ3v) is 4.39. The maximum absolute atomic E-state index is 12.6. The molecule has 0 saturated heterocycles. The monoisotopic (exact) mass is 335 g/mol. The van der Waals surface area contributed by atoms with Crippen molar-refractivity contribution in [1.29, 1.82) is 0 Å². The summed E-state index contributed by atoms with van der Waals surface area (Å²) in [4.78, 5) is 29.2. The van der Waals surface area contributed by atoms with Crippen LogP contribution in [0.2, 0.25) is 0 Å². The number of rotatable bonds is 3. The molecule has 0 aliphatic carbocycles. The summed E-state index contributed by atoms with van der Waals surface area (Å²) in [5, 5.41) is 2.81. The van der Waals surface area contributed by atoms with E-state index in [4.69, 9.17) is 4.74 Å². The van der Waals surface area contributed by atoms with Gasteiger partial charge in [0.1, 0.15) is 0 Å². The number of amides is 1. The molecule has 4 rings (SSSR count). The van der Waals surface area contributed by atoms with E-state index < -0.39 is 12.1 Å². The second kappa shape index (κ2) is 6.05. The summed E-state index contributed by atoms with van der Waals surface area (Å²) in [6, 6.07) is 14.9. The minimum atomic E-state index is -0.854. The lowest BCUT2D eigenvalue weighted by molar-refractivity contribution is -0.125. The van der Waals surface area contributed by atoms with E-state index in [9.17, 15) is 9.59 Å². The van der Waals surface area contributed by atoms with E-state index in [0.29, 0.717) is 24.5 Å². The van der Waals surface area contributed by atoms with Crippen molar-refractivity contribution in [3.8, 4) is 0 Å². The van der Waals surface area contributed by atoms with Gasteiger partial charge in [-0.05, 0) is 30.7 Å². The minimum absolute atomic E-state index is 0.361. The number of fused-ring (bicyclic) bond motifs is 2. The molecule has 6 nitrogen and oxygen atoms in total. The lowest BCUT2D eigenvalue weighted by atomic mass is 9.98. The number of cyclic esters (lactones) is 1. The predicted octanol–water partition coefficient (Wildman–Crippen LogP) is 2.78. The average Bonchev–Trinajstić information content (AvgIpc) is 2.98. The number of aryl methyl sites for hydroxylation is 1. The summed E-state index contributed by atoms with van der Waals surface area (Å²) in [6.07, 6.45) is -0.493. The summed E-state index contributed by atoms with van der Waals surface area (Å²) in [5.74, 6) is -0.373. The molecule has 1 aliphatic rings. The Labute approximate surface area is 144 Å². The van der Waals surface area contributed by atoms with Crippen LogP contribution >= 0.6 is 0 Å². The van der Waals surface area contributed by atoms with E-state index in [2.05, 4.69) is 10.3 Å². The van der Waals surface area contributed by atoms with Gasteiger partial charge in [-0.1, -0.05) is 30.3 Å². The molecule has 0 fully saturated rings. The van der Waals surface area contributed by atoms with E-state index in [-0.39, 0.29) is 5.91 Å². The van der Waals surface area contributed by atoms with Crippen molar-refractivity contribution in [2.45, 2.75) is 26.0 Å². The number of aromatic nitrogens is 2. The molecule has 2 heterocycles. The minimum Gasteiger partial charge on any atom is -0.448 e. The number of carbonyl (C=O) groups is 2. The molecule has 6 heteroatoms. The molecular weight excluding hydrogens is 318 g/mol. The lowest BCUT2D eigenvalue weighted by Gasteiger charge is -2.23. The molecule has 0 radical (unpaired) electrons. The molecule has 0 bridgehead atoms. The Morgan fingerprint density at radius 3 is 2.84 bits per heavy atom. The molecule has 1 amide bonds. The maximum atomic E-state index is 12.6. The van der Waals surface area contributed by atoms with Crippen molar-refractivity contribution in [1.82, 2.24) is 9.55 Å². The second-order valence-electron chi connectivity index (χ2n) is 5.91. The third-order valence-electron chi connectivity index (χ3n) is 4.39. The van der Waals surface area contributed by atoms with Gasteiger partial charge in [0.25, 0.3) is 5.91 Å². The van der Waals surface area contributed by atoms with Crippen LogP contribution in [0.15, 0.2) is 48.5 Å². The van der Waals surface area contributed by atoms with Crippen LogP contribution in [0.3, 0.4) is 0 Å². The van der Waals surface area contributed by atoms with Gasteiger partial charge in [0.2, 0.25) is 5.95 Å². The predicted molar refractivity (Wildman–Crippen MR) is 93.4 cm³/mol. The number of carbonyl (C=O) groups excluding carboxylic acids is 2. The zero-order valence-corrected chi connectivity index (χ0v) is 13.7.